The second-order valence-corrected chi connectivity index (χ2v) is 6.59. The second kappa shape index (κ2) is 11.2. The molecule has 2 amide bonds. The molecule has 29 heavy (non-hydrogen) atoms. The zero-order chi connectivity index (χ0) is 21.2. The Balaban J connectivity index is 1.63. The van der Waals surface area contributed by atoms with Crippen molar-refractivity contribution in [1.29, 1.82) is 0 Å². The van der Waals surface area contributed by atoms with Crippen molar-refractivity contribution in [2.24, 2.45) is 0 Å². The normalized spacial score (nSPS) is 10.5. The highest BCUT2D eigenvalue weighted by Gasteiger charge is 2.08. The number of hydrazine groups is 1. The first-order valence-corrected chi connectivity index (χ1v) is 9.21. The Bertz CT molecular complexity index is 832. The first-order valence-electron chi connectivity index (χ1n) is 8.84. The van der Waals surface area contributed by atoms with Crippen LogP contribution in [0.4, 0.5) is 8.78 Å². The summed E-state index contributed by atoms with van der Waals surface area (Å²) in [5.41, 5.74) is 6.12. The van der Waals surface area contributed by atoms with Crippen LogP contribution in [0, 0.1) is 6.92 Å². The van der Waals surface area contributed by atoms with E-state index in [-0.39, 0.29) is 24.5 Å². The van der Waals surface area contributed by atoms with Gasteiger partial charge in [0.2, 0.25) is 11.8 Å². The first kappa shape index (κ1) is 22.4. The minimum absolute atomic E-state index is 0.00785. The lowest BCUT2D eigenvalue weighted by molar-refractivity contribution is -0.128. The maximum Gasteiger partial charge on any atom is 0.387 e. The number of ether oxygens (including phenoxy) is 2. The van der Waals surface area contributed by atoms with Gasteiger partial charge in [-0.1, -0.05) is 23.7 Å². The van der Waals surface area contributed by atoms with Crippen LogP contribution >= 0.6 is 11.6 Å². The molecule has 0 heterocycles. The van der Waals surface area contributed by atoms with Crippen LogP contribution in [0.25, 0.3) is 0 Å². The number of rotatable bonds is 9. The number of alkyl halides is 2. The van der Waals surface area contributed by atoms with Gasteiger partial charge in [0.15, 0.2) is 0 Å². The van der Waals surface area contributed by atoms with Gasteiger partial charge in [-0.25, -0.2) is 0 Å². The third kappa shape index (κ3) is 8.35. The van der Waals surface area contributed by atoms with E-state index < -0.39 is 12.5 Å². The van der Waals surface area contributed by atoms with Gasteiger partial charge in [0, 0.05) is 11.4 Å². The highest BCUT2D eigenvalue weighted by molar-refractivity contribution is 6.30. The number of halogens is 3. The highest BCUT2D eigenvalue weighted by atomic mass is 35.5. The number of carbonyl (C=O) groups is 2. The molecule has 2 rings (SSSR count). The zero-order valence-electron chi connectivity index (χ0n) is 15.7. The van der Waals surface area contributed by atoms with Crippen molar-refractivity contribution in [3.8, 4) is 11.5 Å². The molecule has 6 nitrogen and oxygen atoms in total. The molecule has 2 N–H and O–H groups in total. The van der Waals surface area contributed by atoms with Crippen LogP contribution in [0.2, 0.25) is 5.02 Å². The molecule has 0 aromatic heterocycles. The van der Waals surface area contributed by atoms with Crippen molar-refractivity contribution in [2.45, 2.75) is 32.8 Å². The number of hydrogen-bond acceptors (Lipinski definition) is 4. The van der Waals surface area contributed by atoms with Crippen LogP contribution in [0.3, 0.4) is 0 Å². The van der Waals surface area contributed by atoms with Crippen molar-refractivity contribution >= 4 is 23.4 Å². The maximum atomic E-state index is 12.1. The molecule has 0 aliphatic carbocycles. The number of nitrogens with one attached hydrogen (secondary N) is 2. The maximum absolute atomic E-state index is 12.1. The minimum Gasteiger partial charge on any atom is -0.493 e. The molecule has 0 fully saturated rings. The van der Waals surface area contributed by atoms with E-state index in [1.54, 1.807) is 18.2 Å². The van der Waals surface area contributed by atoms with Crippen LogP contribution < -0.4 is 20.3 Å². The number of hydrogen-bond donors (Lipinski definition) is 2. The van der Waals surface area contributed by atoms with Crippen molar-refractivity contribution in [3.05, 3.63) is 58.6 Å². The summed E-state index contributed by atoms with van der Waals surface area (Å²) in [5.74, 6) is -0.0778. The molecule has 0 saturated heterocycles. The van der Waals surface area contributed by atoms with E-state index in [2.05, 4.69) is 15.6 Å². The zero-order valence-corrected chi connectivity index (χ0v) is 16.5. The molecule has 0 saturated carbocycles. The molecule has 0 aliphatic rings. The molecule has 0 atom stereocenters. The van der Waals surface area contributed by atoms with Gasteiger partial charge in [-0.05, 0) is 54.8 Å². The summed E-state index contributed by atoms with van der Waals surface area (Å²) >= 11 is 5.88. The first-order chi connectivity index (χ1) is 13.8. The number of amides is 2. The van der Waals surface area contributed by atoms with E-state index in [1.165, 1.54) is 24.3 Å². The summed E-state index contributed by atoms with van der Waals surface area (Å²) in [5, 5.41) is 0.627. The molecule has 2 aromatic carbocycles. The van der Waals surface area contributed by atoms with Gasteiger partial charge in [0.25, 0.3) is 0 Å². The minimum atomic E-state index is -2.90. The third-order valence-electron chi connectivity index (χ3n) is 3.80. The van der Waals surface area contributed by atoms with Gasteiger partial charge in [-0.3, -0.25) is 20.4 Å². The van der Waals surface area contributed by atoms with Crippen LogP contribution in [-0.4, -0.2) is 25.0 Å². The van der Waals surface area contributed by atoms with E-state index in [1.807, 2.05) is 6.92 Å². The monoisotopic (exact) mass is 426 g/mol. The summed E-state index contributed by atoms with van der Waals surface area (Å²) in [6, 6.07) is 11.0. The highest BCUT2D eigenvalue weighted by Crippen LogP contribution is 2.22. The van der Waals surface area contributed by atoms with E-state index >= 15 is 0 Å². The molecule has 0 unspecified atom stereocenters. The van der Waals surface area contributed by atoms with E-state index in [9.17, 15) is 18.4 Å². The van der Waals surface area contributed by atoms with Gasteiger partial charge < -0.3 is 9.47 Å². The fourth-order valence-electron chi connectivity index (χ4n) is 2.41. The molecule has 156 valence electrons. The Kier molecular flexibility index (Phi) is 8.67. The Morgan fingerprint density at radius 1 is 1.07 bits per heavy atom. The standard InChI is InChI=1S/C20H21ClF2N2O4/c1-13-11-15(21)6-9-17(13)28-10-2-3-18(26)24-25-19(27)12-14-4-7-16(8-5-14)29-20(22)23/h4-9,11,20H,2-3,10,12H2,1H3,(H,24,26)(H,25,27). The lowest BCUT2D eigenvalue weighted by atomic mass is 10.1. The van der Waals surface area contributed by atoms with Crippen molar-refractivity contribution in [3.63, 3.8) is 0 Å². The molecular formula is C20H21ClF2N2O4. The van der Waals surface area contributed by atoms with Crippen LogP contribution in [0.5, 0.6) is 11.5 Å². The second-order valence-electron chi connectivity index (χ2n) is 6.16. The quantitative estimate of drug-likeness (QED) is 0.472. The van der Waals surface area contributed by atoms with Crippen molar-refractivity contribution in [1.82, 2.24) is 10.9 Å². The lowest BCUT2D eigenvalue weighted by Gasteiger charge is -2.10. The third-order valence-corrected chi connectivity index (χ3v) is 4.03. The topological polar surface area (TPSA) is 76.7 Å². The van der Waals surface area contributed by atoms with E-state index in [0.29, 0.717) is 29.4 Å². The van der Waals surface area contributed by atoms with Crippen molar-refractivity contribution < 1.29 is 27.8 Å². The lowest BCUT2D eigenvalue weighted by Crippen LogP contribution is -2.42. The summed E-state index contributed by atoms with van der Waals surface area (Å²) in [4.78, 5) is 23.6. The Morgan fingerprint density at radius 2 is 1.76 bits per heavy atom. The Morgan fingerprint density at radius 3 is 2.41 bits per heavy atom. The Hall–Kier alpha value is -2.87. The Labute approximate surface area is 172 Å². The number of carbonyl (C=O) groups excluding carboxylic acids is 2. The fourth-order valence-corrected chi connectivity index (χ4v) is 2.64. The molecule has 0 spiro atoms. The predicted octanol–water partition coefficient (Wildman–Crippen LogP) is 3.80. The van der Waals surface area contributed by atoms with Gasteiger partial charge in [-0.2, -0.15) is 8.78 Å². The fraction of sp³-hybridized carbons (Fsp3) is 0.300. The van der Waals surface area contributed by atoms with Crippen LogP contribution in [0.1, 0.15) is 24.0 Å². The summed E-state index contributed by atoms with van der Waals surface area (Å²) in [7, 11) is 0. The van der Waals surface area contributed by atoms with Gasteiger partial charge in [0.1, 0.15) is 11.5 Å². The average Bonchev–Trinajstić information content (AvgIpc) is 2.66. The van der Waals surface area contributed by atoms with E-state index in [4.69, 9.17) is 16.3 Å². The number of benzene rings is 2. The SMILES string of the molecule is Cc1cc(Cl)ccc1OCCCC(=O)NNC(=O)Cc1ccc(OC(F)F)cc1. The molecule has 0 aliphatic heterocycles. The largest absolute Gasteiger partial charge is 0.493 e. The summed E-state index contributed by atoms with van der Waals surface area (Å²) in [6.07, 6.45) is 0.621. The molecule has 0 radical (unpaired) electrons. The summed E-state index contributed by atoms with van der Waals surface area (Å²) in [6.45, 7) is -0.681. The van der Waals surface area contributed by atoms with E-state index in [0.717, 1.165) is 5.56 Å². The predicted molar refractivity (Wildman–Crippen MR) is 104 cm³/mol. The molecular weight excluding hydrogens is 406 g/mol. The smallest absolute Gasteiger partial charge is 0.387 e. The van der Waals surface area contributed by atoms with Crippen LogP contribution in [-0.2, 0) is 16.0 Å². The summed E-state index contributed by atoms with van der Waals surface area (Å²) < 4.78 is 34.0. The van der Waals surface area contributed by atoms with Crippen LogP contribution in [0.15, 0.2) is 42.5 Å². The van der Waals surface area contributed by atoms with Crippen molar-refractivity contribution in [2.75, 3.05) is 6.61 Å². The van der Waals surface area contributed by atoms with Gasteiger partial charge in [0.05, 0.1) is 13.0 Å². The molecule has 0 bridgehead atoms. The molecule has 2 aromatic rings. The average molecular weight is 427 g/mol. The molecule has 9 heteroatoms. The van der Waals surface area contributed by atoms with Gasteiger partial charge >= 0.3 is 6.61 Å². The number of aryl methyl sites for hydroxylation is 1. The van der Waals surface area contributed by atoms with Gasteiger partial charge in [-0.15, -0.1) is 0 Å².